The number of nitrogens with zero attached hydrogens (tertiary/aromatic N) is 2. The van der Waals surface area contributed by atoms with Crippen molar-refractivity contribution < 1.29 is 0 Å². The van der Waals surface area contributed by atoms with Crippen LogP contribution < -0.4 is 5.73 Å². The van der Waals surface area contributed by atoms with Crippen molar-refractivity contribution in [3.8, 4) is 6.07 Å². The predicted octanol–water partition coefficient (Wildman–Crippen LogP) is 1.94. The molecule has 0 bridgehead atoms. The molecule has 0 amide bonds. The molecule has 2 aromatic rings. The molecule has 1 aromatic heterocycles. The van der Waals surface area contributed by atoms with E-state index < -0.39 is 0 Å². The highest BCUT2D eigenvalue weighted by Gasteiger charge is 2.06. The first-order valence-corrected chi connectivity index (χ1v) is 5.44. The van der Waals surface area contributed by atoms with Gasteiger partial charge in [-0.25, -0.2) is 0 Å². The summed E-state index contributed by atoms with van der Waals surface area (Å²) in [6.07, 6.45) is 4.08. The van der Waals surface area contributed by atoms with E-state index in [9.17, 15) is 0 Å². The van der Waals surface area contributed by atoms with Gasteiger partial charge < -0.3 is 10.3 Å². The number of nitrogens with two attached hydrogens (primary N) is 1. The van der Waals surface area contributed by atoms with Gasteiger partial charge in [0.2, 0.25) is 0 Å². The molecule has 2 N–H and O–H groups in total. The number of nitriles is 1. The molecular formula is C13H15N3. The maximum Gasteiger partial charge on any atom is 0.0991 e. The second-order valence-electron chi connectivity index (χ2n) is 4.00. The van der Waals surface area contributed by atoms with E-state index in [0.717, 1.165) is 12.8 Å². The van der Waals surface area contributed by atoms with Crippen molar-refractivity contribution in [1.82, 2.24) is 4.57 Å². The molecule has 3 heteroatoms. The molecule has 0 atom stereocenters. The summed E-state index contributed by atoms with van der Waals surface area (Å²) in [5, 5.41) is 10.1. The summed E-state index contributed by atoms with van der Waals surface area (Å²) in [4.78, 5) is 0. The fourth-order valence-corrected chi connectivity index (χ4v) is 2.03. The lowest BCUT2D eigenvalue weighted by atomic mass is 10.1. The molecule has 1 heterocycles. The summed E-state index contributed by atoms with van der Waals surface area (Å²) in [6, 6.07) is 7.99. The highest BCUT2D eigenvalue weighted by atomic mass is 14.9. The first kappa shape index (κ1) is 10.7. The second-order valence-corrected chi connectivity index (χ2v) is 4.00. The minimum absolute atomic E-state index is 0.703. The molecule has 0 aliphatic rings. The molecular weight excluding hydrogens is 198 g/mol. The van der Waals surface area contributed by atoms with E-state index in [-0.39, 0.29) is 0 Å². The summed E-state index contributed by atoms with van der Waals surface area (Å²) in [6.45, 7) is 0.703. The Balaban J connectivity index is 2.53. The van der Waals surface area contributed by atoms with Crippen LogP contribution in [0.2, 0.25) is 0 Å². The molecule has 2 rings (SSSR count). The van der Waals surface area contributed by atoms with Crippen LogP contribution in [0.4, 0.5) is 0 Å². The fraction of sp³-hybridized carbons (Fsp3) is 0.308. The third kappa shape index (κ3) is 1.80. The molecule has 3 nitrogen and oxygen atoms in total. The SMILES string of the molecule is Cn1cc(CCCN)c2cc(C#N)ccc21. The van der Waals surface area contributed by atoms with Crippen molar-refractivity contribution in [2.75, 3.05) is 6.54 Å². The van der Waals surface area contributed by atoms with E-state index in [0.29, 0.717) is 12.1 Å². The Bertz CT molecular complexity index is 546. The van der Waals surface area contributed by atoms with Crippen LogP contribution >= 0.6 is 0 Å². The van der Waals surface area contributed by atoms with Gasteiger partial charge in [0.05, 0.1) is 11.6 Å². The molecule has 0 aliphatic carbocycles. The number of benzene rings is 1. The molecule has 0 saturated heterocycles. The van der Waals surface area contributed by atoms with Crippen LogP contribution in [0.5, 0.6) is 0 Å². The van der Waals surface area contributed by atoms with Crippen LogP contribution in [0, 0.1) is 11.3 Å². The van der Waals surface area contributed by atoms with Crippen LogP contribution in [0.15, 0.2) is 24.4 Å². The van der Waals surface area contributed by atoms with Gasteiger partial charge in [-0.05, 0) is 43.1 Å². The maximum atomic E-state index is 8.89. The van der Waals surface area contributed by atoms with E-state index in [1.807, 2.05) is 25.2 Å². The molecule has 0 radical (unpaired) electrons. The largest absolute Gasteiger partial charge is 0.350 e. The first-order chi connectivity index (χ1) is 7.76. The Kier molecular flexibility index (Phi) is 2.93. The lowest BCUT2D eigenvalue weighted by molar-refractivity contribution is 0.830. The van der Waals surface area contributed by atoms with Crippen LogP contribution in [-0.2, 0) is 13.5 Å². The van der Waals surface area contributed by atoms with Crippen molar-refractivity contribution in [2.45, 2.75) is 12.8 Å². The summed E-state index contributed by atoms with van der Waals surface area (Å²) >= 11 is 0. The number of aromatic nitrogens is 1. The normalized spacial score (nSPS) is 10.6. The fourth-order valence-electron chi connectivity index (χ4n) is 2.03. The highest BCUT2D eigenvalue weighted by Crippen LogP contribution is 2.22. The van der Waals surface area contributed by atoms with Gasteiger partial charge in [-0.15, -0.1) is 0 Å². The highest BCUT2D eigenvalue weighted by molar-refractivity contribution is 5.85. The Hall–Kier alpha value is -1.79. The van der Waals surface area contributed by atoms with Gasteiger partial charge in [0.25, 0.3) is 0 Å². The zero-order valence-electron chi connectivity index (χ0n) is 9.40. The van der Waals surface area contributed by atoms with Gasteiger partial charge in [-0.1, -0.05) is 0 Å². The molecule has 0 spiro atoms. The molecule has 0 saturated carbocycles. The minimum atomic E-state index is 0.703. The monoisotopic (exact) mass is 213 g/mol. The zero-order chi connectivity index (χ0) is 11.5. The van der Waals surface area contributed by atoms with Crippen LogP contribution in [0.3, 0.4) is 0 Å². The standard InChI is InChI=1S/C13H15N3/c1-16-9-11(3-2-6-14)12-7-10(8-15)4-5-13(12)16/h4-5,7,9H,2-3,6,14H2,1H3. The van der Waals surface area contributed by atoms with E-state index in [1.165, 1.54) is 16.5 Å². The second kappa shape index (κ2) is 4.38. The number of hydrogen-bond donors (Lipinski definition) is 1. The number of fused-ring (bicyclic) bond motifs is 1. The Morgan fingerprint density at radius 3 is 2.94 bits per heavy atom. The number of hydrogen-bond acceptors (Lipinski definition) is 2. The minimum Gasteiger partial charge on any atom is -0.350 e. The molecule has 16 heavy (non-hydrogen) atoms. The van der Waals surface area contributed by atoms with E-state index in [2.05, 4.69) is 16.8 Å². The lowest BCUT2D eigenvalue weighted by Gasteiger charge is -1.97. The first-order valence-electron chi connectivity index (χ1n) is 5.44. The van der Waals surface area contributed by atoms with Gasteiger partial charge in [-0.2, -0.15) is 5.26 Å². The third-order valence-corrected chi connectivity index (χ3v) is 2.85. The van der Waals surface area contributed by atoms with Gasteiger partial charge in [0.1, 0.15) is 0 Å². The van der Waals surface area contributed by atoms with Gasteiger partial charge in [0, 0.05) is 24.1 Å². The number of rotatable bonds is 3. The Morgan fingerprint density at radius 1 is 1.44 bits per heavy atom. The van der Waals surface area contributed by atoms with Gasteiger partial charge >= 0.3 is 0 Å². The van der Waals surface area contributed by atoms with Gasteiger partial charge in [0.15, 0.2) is 0 Å². The van der Waals surface area contributed by atoms with Crippen LogP contribution in [0.1, 0.15) is 17.5 Å². The van der Waals surface area contributed by atoms with Crippen LogP contribution in [0.25, 0.3) is 10.9 Å². The third-order valence-electron chi connectivity index (χ3n) is 2.85. The van der Waals surface area contributed by atoms with E-state index in [4.69, 9.17) is 11.0 Å². The molecule has 0 fully saturated rings. The average Bonchev–Trinajstić information content (AvgIpc) is 2.63. The van der Waals surface area contributed by atoms with Crippen molar-refractivity contribution in [2.24, 2.45) is 12.8 Å². The van der Waals surface area contributed by atoms with Crippen molar-refractivity contribution in [3.63, 3.8) is 0 Å². The average molecular weight is 213 g/mol. The maximum absolute atomic E-state index is 8.89. The summed E-state index contributed by atoms with van der Waals surface area (Å²) < 4.78 is 2.10. The van der Waals surface area contributed by atoms with E-state index in [1.54, 1.807) is 0 Å². The quantitative estimate of drug-likeness (QED) is 0.847. The molecule has 0 unspecified atom stereocenters. The lowest BCUT2D eigenvalue weighted by Crippen LogP contribution is -1.99. The Labute approximate surface area is 95.1 Å². The van der Waals surface area contributed by atoms with Crippen molar-refractivity contribution in [1.29, 1.82) is 5.26 Å². The predicted molar refractivity (Wildman–Crippen MR) is 65.0 cm³/mol. The summed E-state index contributed by atoms with van der Waals surface area (Å²) in [7, 11) is 2.03. The molecule has 0 aliphatic heterocycles. The molecule has 1 aromatic carbocycles. The summed E-state index contributed by atoms with van der Waals surface area (Å²) in [5.74, 6) is 0. The zero-order valence-corrected chi connectivity index (χ0v) is 9.40. The topological polar surface area (TPSA) is 54.7 Å². The Morgan fingerprint density at radius 2 is 2.25 bits per heavy atom. The van der Waals surface area contributed by atoms with Gasteiger partial charge in [-0.3, -0.25) is 0 Å². The van der Waals surface area contributed by atoms with Crippen LogP contribution in [-0.4, -0.2) is 11.1 Å². The smallest absolute Gasteiger partial charge is 0.0991 e. The summed E-state index contributed by atoms with van der Waals surface area (Å²) in [5.41, 5.74) is 8.69. The van der Waals surface area contributed by atoms with Crippen molar-refractivity contribution >= 4 is 10.9 Å². The van der Waals surface area contributed by atoms with E-state index >= 15 is 0 Å². The number of aryl methyl sites for hydroxylation is 2. The molecule has 82 valence electrons. The van der Waals surface area contributed by atoms with Crippen molar-refractivity contribution in [3.05, 3.63) is 35.5 Å².